The van der Waals surface area contributed by atoms with E-state index in [1.807, 2.05) is 83.6 Å². The van der Waals surface area contributed by atoms with Crippen LogP contribution in [-0.2, 0) is 24.6 Å². The monoisotopic (exact) mass is 956 g/mol. The Morgan fingerprint density at radius 2 is 1.50 bits per heavy atom. The van der Waals surface area contributed by atoms with Gasteiger partial charge in [-0.25, -0.2) is 21.6 Å². The summed E-state index contributed by atoms with van der Waals surface area (Å²) in [5.74, 6) is -0.718. The number of anilines is 2. The summed E-state index contributed by atoms with van der Waals surface area (Å²) in [6.07, 6.45) is 1.09. The number of piperidine rings is 1. The van der Waals surface area contributed by atoms with Crippen molar-refractivity contribution in [2.45, 2.75) is 51.6 Å². The number of carbonyl (C=O) groups excluding carboxylic acids is 1. The van der Waals surface area contributed by atoms with Crippen LogP contribution in [0.4, 0.5) is 24.5 Å². The van der Waals surface area contributed by atoms with Crippen molar-refractivity contribution in [3.63, 3.8) is 0 Å². The lowest BCUT2D eigenvalue weighted by Gasteiger charge is -2.36. The van der Waals surface area contributed by atoms with E-state index in [4.69, 9.17) is 16.3 Å². The largest absolute Gasteiger partial charge is 0.501 e. The molecular weight excluding hydrogens is 909 g/mol. The average Bonchev–Trinajstić information content (AvgIpc) is 3.30. The van der Waals surface area contributed by atoms with Crippen LogP contribution in [0.5, 0.6) is 0 Å². The van der Waals surface area contributed by atoms with Gasteiger partial charge in [-0.1, -0.05) is 66.2 Å². The lowest BCUT2D eigenvalue weighted by atomic mass is 9.84. The number of amides is 1. The minimum Gasteiger partial charge on any atom is -0.388 e. The number of aliphatic hydroxyl groups excluding tert-OH is 1. The number of rotatable bonds is 16. The van der Waals surface area contributed by atoms with Gasteiger partial charge in [-0.2, -0.15) is 13.2 Å². The molecule has 0 bridgehead atoms. The second-order valence-electron chi connectivity index (χ2n) is 15.7. The van der Waals surface area contributed by atoms with Crippen LogP contribution in [0.15, 0.2) is 136 Å². The molecule has 7 rings (SSSR count). The van der Waals surface area contributed by atoms with Crippen molar-refractivity contribution < 1.29 is 44.6 Å². The average molecular weight is 958 g/mol. The summed E-state index contributed by atoms with van der Waals surface area (Å²) in [7, 11) is -10.9. The maximum atomic E-state index is 14.2. The number of sulfone groups is 1. The number of nitrogens with zero attached hydrogens (tertiary/aromatic N) is 2. The number of alkyl halides is 3. The molecule has 3 N–H and O–H groups in total. The van der Waals surface area contributed by atoms with E-state index in [9.17, 15) is 39.9 Å². The second kappa shape index (κ2) is 20.7. The number of halogens is 4. The molecule has 0 spiro atoms. The molecule has 340 valence electrons. The number of morpholine rings is 1. The molecule has 1 amide bonds. The van der Waals surface area contributed by atoms with Gasteiger partial charge in [0, 0.05) is 65.7 Å². The molecule has 2 heterocycles. The van der Waals surface area contributed by atoms with E-state index < -0.39 is 58.9 Å². The highest BCUT2D eigenvalue weighted by atomic mass is 35.5. The molecule has 0 aromatic heterocycles. The number of thioether (sulfide) groups is 1. The van der Waals surface area contributed by atoms with Gasteiger partial charge in [-0.15, -0.1) is 11.8 Å². The van der Waals surface area contributed by atoms with Crippen molar-refractivity contribution in [2.75, 3.05) is 61.9 Å². The normalized spacial score (nSPS) is 16.5. The fourth-order valence-electron chi connectivity index (χ4n) is 7.87. The van der Waals surface area contributed by atoms with Gasteiger partial charge in [0.25, 0.3) is 25.8 Å². The van der Waals surface area contributed by atoms with Gasteiger partial charge in [-0.3, -0.25) is 9.69 Å². The number of nitrogens with one attached hydrogen (secondary N) is 2. The van der Waals surface area contributed by atoms with E-state index in [0.29, 0.717) is 82.0 Å². The Morgan fingerprint density at radius 3 is 2.17 bits per heavy atom. The SMILES string of the molecule is O=C(NS(=O)(=O)c1ccc(NC(CCN2CCOCC2)CSc2ccccc2)c(S(=O)(=O)C(F)(F)F)c1)c1ccc(N2CCC(C(O)c3ccccc3-c3ccc(Cl)cc3)CC2)cc1. The zero-order valence-corrected chi connectivity index (χ0v) is 37.8. The molecular formula is C46H48ClF3N4O7S3. The van der Waals surface area contributed by atoms with Crippen LogP contribution < -0.4 is 14.9 Å². The molecule has 2 atom stereocenters. The van der Waals surface area contributed by atoms with Crippen molar-refractivity contribution in [3.05, 3.63) is 137 Å². The highest BCUT2D eigenvalue weighted by molar-refractivity contribution is 7.99. The predicted octanol–water partition coefficient (Wildman–Crippen LogP) is 8.66. The maximum Gasteiger partial charge on any atom is 0.501 e. The van der Waals surface area contributed by atoms with E-state index in [1.165, 1.54) is 23.9 Å². The smallest absolute Gasteiger partial charge is 0.388 e. The number of aliphatic hydroxyl groups is 1. The van der Waals surface area contributed by atoms with Gasteiger partial charge in [0.15, 0.2) is 0 Å². The summed E-state index contributed by atoms with van der Waals surface area (Å²) in [5.41, 5.74) is -2.73. The Bertz CT molecular complexity index is 2590. The molecule has 0 radical (unpaired) electrons. The van der Waals surface area contributed by atoms with Gasteiger partial charge < -0.3 is 20.1 Å². The Kier molecular flexibility index (Phi) is 15.3. The molecule has 64 heavy (non-hydrogen) atoms. The number of ether oxygens (including phenoxy) is 1. The summed E-state index contributed by atoms with van der Waals surface area (Å²) < 4.78 is 103. The first-order valence-electron chi connectivity index (χ1n) is 20.7. The van der Waals surface area contributed by atoms with Crippen LogP contribution in [0.1, 0.15) is 41.3 Å². The van der Waals surface area contributed by atoms with E-state index >= 15 is 0 Å². The molecule has 5 aromatic carbocycles. The number of sulfonamides is 1. The quantitative estimate of drug-likeness (QED) is 0.0818. The number of carbonyl (C=O) groups is 1. The van der Waals surface area contributed by atoms with E-state index in [0.717, 1.165) is 39.4 Å². The molecule has 5 aromatic rings. The van der Waals surface area contributed by atoms with Crippen molar-refractivity contribution >= 4 is 60.5 Å². The molecule has 2 fully saturated rings. The standard InChI is InChI=1S/C46H48ClF3N4O7S3/c47-35-14-10-32(11-15-35)40-8-4-5-9-41(40)44(55)33-20-24-54(25-21-33)37-16-12-34(13-17-37)45(56)52-64(59,60)39-18-19-42(43(30-39)63(57,58)46(48,49)50)51-36(22-23-53-26-28-61-29-27-53)31-62-38-6-2-1-3-7-38/h1-19,30,33,36,44,51,55H,20-29,31H2,(H,52,56). The van der Waals surface area contributed by atoms with E-state index in [2.05, 4.69) is 15.1 Å². The molecule has 0 saturated carbocycles. The first kappa shape index (κ1) is 47.3. The van der Waals surface area contributed by atoms with Crippen LogP contribution >= 0.6 is 23.4 Å². The highest BCUT2D eigenvalue weighted by Gasteiger charge is 2.48. The maximum absolute atomic E-state index is 14.2. The first-order valence-corrected chi connectivity index (χ1v) is 25.1. The lowest BCUT2D eigenvalue weighted by Crippen LogP contribution is -2.39. The predicted molar refractivity (Wildman–Crippen MR) is 244 cm³/mol. The van der Waals surface area contributed by atoms with Crippen LogP contribution in [0.3, 0.4) is 0 Å². The third kappa shape index (κ3) is 11.6. The molecule has 2 aliphatic rings. The van der Waals surface area contributed by atoms with Gasteiger partial charge in [0.2, 0.25) is 0 Å². The van der Waals surface area contributed by atoms with Crippen LogP contribution in [0.2, 0.25) is 5.02 Å². The zero-order chi connectivity index (χ0) is 45.5. The van der Waals surface area contributed by atoms with Crippen molar-refractivity contribution in [1.29, 1.82) is 0 Å². The van der Waals surface area contributed by atoms with Crippen LogP contribution in [0, 0.1) is 5.92 Å². The number of hydrogen-bond acceptors (Lipinski definition) is 11. The topological polar surface area (TPSA) is 145 Å². The van der Waals surface area contributed by atoms with Crippen molar-refractivity contribution in [1.82, 2.24) is 9.62 Å². The minimum atomic E-state index is -6.07. The summed E-state index contributed by atoms with van der Waals surface area (Å²) in [6, 6.07) is 32.6. The fourth-order valence-corrected chi connectivity index (χ4v) is 11.0. The molecule has 0 aliphatic carbocycles. The summed E-state index contributed by atoms with van der Waals surface area (Å²) >= 11 is 7.54. The molecule has 2 aliphatic heterocycles. The van der Waals surface area contributed by atoms with Crippen molar-refractivity contribution in [2.24, 2.45) is 5.92 Å². The Hall–Kier alpha value is -4.62. The summed E-state index contributed by atoms with van der Waals surface area (Å²) in [6.45, 7) is 4.20. The first-order chi connectivity index (χ1) is 30.6. The second-order valence-corrected chi connectivity index (χ2v) is 20.8. The highest BCUT2D eigenvalue weighted by Crippen LogP contribution is 2.39. The molecule has 11 nitrogen and oxygen atoms in total. The number of benzene rings is 5. The van der Waals surface area contributed by atoms with E-state index in [-0.39, 0.29) is 11.5 Å². The van der Waals surface area contributed by atoms with Crippen LogP contribution in [0.25, 0.3) is 11.1 Å². The number of hydrogen-bond donors (Lipinski definition) is 3. The molecule has 18 heteroatoms. The minimum absolute atomic E-state index is 0.0168. The third-order valence-corrected chi connectivity index (χ3v) is 15.7. The zero-order valence-electron chi connectivity index (χ0n) is 34.6. The van der Waals surface area contributed by atoms with Gasteiger partial charge in [-0.05, 0) is 109 Å². The van der Waals surface area contributed by atoms with Gasteiger partial charge in [0.1, 0.15) is 4.90 Å². The third-order valence-electron chi connectivity index (χ3n) is 11.5. The molecule has 2 saturated heterocycles. The Morgan fingerprint density at radius 1 is 0.844 bits per heavy atom. The van der Waals surface area contributed by atoms with Gasteiger partial charge in [0.05, 0.1) is 29.9 Å². The van der Waals surface area contributed by atoms with Crippen molar-refractivity contribution in [3.8, 4) is 11.1 Å². The fraction of sp³-hybridized carbons (Fsp3) is 0.326. The summed E-state index contributed by atoms with van der Waals surface area (Å²) in [5, 5.41) is 15.1. The Balaban J connectivity index is 1.02. The lowest BCUT2D eigenvalue weighted by molar-refractivity contribution is -0.0435. The van der Waals surface area contributed by atoms with E-state index in [1.54, 1.807) is 12.1 Å². The van der Waals surface area contributed by atoms with Gasteiger partial charge >= 0.3 is 5.51 Å². The summed E-state index contributed by atoms with van der Waals surface area (Å²) in [4.78, 5) is 16.3. The molecule has 2 unspecified atom stereocenters. The Labute approximate surface area is 380 Å². The van der Waals surface area contributed by atoms with Crippen LogP contribution in [-0.4, -0.2) is 96.0 Å².